The van der Waals surface area contributed by atoms with Crippen LogP contribution in [0, 0.1) is 0 Å². The number of nitrogens with zero attached hydrogens (tertiary/aromatic N) is 2. The lowest BCUT2D eigenvalue weighted by atomic mass is 10.0. The molecule has 1 fully saturated rings. The van der Waals surface area contributed by atoms with Crippen molar-refractivity contribution in [1.82, 2.24) is 9.80 Å². The van der Waals surface area contributed by atoms with Crippen LogP contribution in [0.5, 0.6) is 0 Å². The molecule has 0 aliphatic carbocycles. The molecule has 1 aliphatic rings. The van der Waals surface area contributed by atoms with Crippen LogP contribution in [0.15, 0.2) is 60.7 Å². The molecule has 0 radical (unpaired) electrons. The van der Waals surface area contributed by atoms with Crippen molar-refractivity contribution in [2.45, 2.75) is 25.6 Å². The summed E-state index contributed by atoms with van der Waals surface area (Å²) in [6, 6.07) is 18.6. The van der Waals surface area contributed by atoms with E-state index in [2.05, 4.69) is 0 Å². The molecule has 5 nitrogen and oxygen atoms in total. The number of carbonyl (C=O) groups is 2. The molecule has 2 amide bonds. The summed E-state index contributed by atoms with van der Waals surface area (Å²) >= 11 is 0. The number of rotatable bonds is 5. The van der Waals surface area contributed by atoms with Gasteiger partial charge in [-0.15, -0.1) is 0 Å². The van der Waals surface area contributed by atoms with Gasteiger partial charge in [0.05, 0.1) is 0 Å². The average molecular weight is 324 g/mol. The fourth-order valence-electron chi connectivity index (χ4n) is 2.85. The van der Waals surface area contributed by atoms with Crippen LogP contribution in [0.25, 0.3) is 0 Å². The van der Waals surface area contributed by atoms with E-state index in [0.717, 1.165) is 11.1 Å². The molecule has 0 aromatic heterocycles. The maximum Gasteiger partial charge on any atom is 0.326 e. The van der Waals surface area contributed by atoms with Crippen LogP contribution in [0.3, 0.4) is 0 Å². The zero-order chi connectivity index (χ0) is 16.9. The highest BCUT2D eigenvalue weighted by atomic mass is 16.4. The summed E-state index contributed by atoms with van der Waals surface area (Å²) in [5.74, 6) is -0.936. The molecule has 0 bridgehead atoms. The largest absolute Gasteiger partial charge is 0.480 e. The standard InChI is InChI=1S/C19H20N2O3/c22-18(23)17-11-12-21(17)19(24)20(13-15-7-3-1-4-8-15)14-16-9-5-2-6-10-16/h1-10,17H,11-14H2,(H,22,23). The van der Waals surface area contributed by atoms with Gasteiger partial charge in [-0.05, 0) is 17.5 Å². The molecule has 1 N–H and O–H groups in total. The lowest BCUT2D eigenvalue weighted by Gasteiger charge is -2.41. The second-order valence-corrected chi connectivity index (χ2v) is 5.95. The molecule has 1 saturated heterocycles. The summed E-state index contributed by atoms with van der Waals surface area (Å²) in [6.45, 7) is 1.41. The van der Waals surface area contributed by atoms with Gasteiger partial charge in [-0.2, -0.15) is 0 Å². The van der Waals surface area contributed by atoms with E-state index in [9.17, 15) is 14.7 Å². The van der Waals surface area contributed by atoms with Gasteiger partial charge >= 0.3 is 12.0 Å². The third-order valence-electron chi connectivity index (χ3n) is 4.25. The number of carboxylic acids is 1. The van der Waals surface area contributed by atoms with Crippen LogP contribution in [-0.2, 0) is 17.9 Å². The minimum absolute atomic E-state index is 0.221. The lowest BCUT2D eigenvalue weighted by molar-refractivity contribution is -0.146. The number of carboxylic acid groups (broad SMARTS) is 1. The van der Waals surface area contributed by atoms with Crippen molar-refractivity contribution in [3.05, 3.63) is 71.8 Å². The molecule has 1 heterocycles. The molecular formula is C19H20N2O3. The molecule has 1 atom stereocenters. The Hall–Kier alpha value is -2.82. The molecule has 2 aromatic rings. The molecule has 0 saturated carbocycles. The highest BCUT2D eigenvalue weighted by molar-refractivity contribution is 5.84. The molecule has 5 heteroatoms. The average Bonchev–Trinajstić information content (AvgIpc) is 2.54. The van der Waals surface area contributed by atoms with E-state index >= 15 is 0 Å². The summed E-state index contributed by atoms with van der Waals surface area (Å²) in [5.41, 5.74) is 2.04. The molecule has 3 rings (SSSR count). The van der Waals surface area contributed by atoms with Gasteiger partial charge in [-0.3, -0.25) is 0 Å². The highest BCUT2D eigenvalue weighted by Gasteiger charge is 2.39. The number of benzene rings is 2. The van der Waals surface area contributed by atoms with Gasteiger partial charge < -0.3 is 14.9 Å². The lowest BCUT2D eigenvalue weighted by Crippen LogP contribution is -2.58. The normalized spacial score (nSPS) is 16.3. The summed E-state index contributed by atoms with van der Waals surface area (Å²) in [6.07, 6.45) is 0.519. The van der Waals surface area contributed by atoms with Gasteiger partial charge in [0.1, 0.15) is 6.04 Å². The summed E-state index contributed by atoms with van der Waals surface area (Å²) in [7, 11) is 0. The number of hydrogen-bond acceptors (Lipinski definition) is 2. The Labute approximate surface area is 141 Å². The Morgan fingerprint density at radius 3 is 1.83 bits per heavy atom. The Morgan fingerprint density at radius 1 is 0.958 bits per heavy atom. The molecule has 124 valence electrons. The monoisotopic (exact) mass is 324 g/mol. The van der Waals surface area contributed by atoms with Crippen molar-refractivity contribution in [2.24, 2.45) is 0 Å². The SMILES string of the molecule is O=C(O)C1CCN1C(=O)N(Cc1ccccc1)Cc1ccccc1. The van der Waals surface area contributed by atoms with E-state index < -0.39 is 12.0 Å². The maximum atomic E-state index is 12.8. The number of amides is 2. The van der Waals surface area contributed by atoms with Gasteiger partial charge in [0.25, 0.3) is 0 Å². The molecule has 24 heavy (non-hydrogen) atoms. The molecular weight excluding hydrogens is 304 g/mol. The number of carbonyl (C=O) groups excluding carboxylic acids is 1. The van der Waals surface area contributed by atoms with E-state index in [4.69, 9.17) is 0 Å². The Kier molecular flexibility index (Phi) is 4.79. The van der Waals surface area contributed by atoms with Gasteiger partial charge in [0, 0.05) is 19.6 Å². The second kappa shape index (κ2) is 7.17. The number of aliphatic carboxylic acids is 1. The number of hydrogen-bond donors (Lipinski definition) is 1. The van der Waals surface area contributed by atoms with Crippen LogP contribution >= 0.6 is 0 Å². The minimum atomic E-state index is -0.936. The zero-order valence-electron chi connectivity index (χ0n) is 13.3. The first-order chi connectivity index (χ1) is 11.6. The van der Waals surface area contributed by atoms with Gasteiger partial charge in [0.2, 0.25) is 0 Å². The Morgan fingerprint density at radius 2 is 1.46 bits per heavy atom. The van der Waals surface area contributed by atoms with Crippen molar-refractivity contribution in [1.29, 1.82) is 0 Å². The summed E-state index contributed by atoms with van der Waals surface area (Å²) in [4.78, 5) is 27.2. The first-order valence-electron chi connectivity index (χ1n) is 8.01. The third kappa shape index (κ3) is 3.56. The van der Waals surface area contributed by atoms with Gasteiger partial charge in [-0.1, -0.05) is 60.7 Å². The predicted octanol–water partition coefficient (Wildman–Crippen LogP) is 2.97. The summed E-state index contributed by atoms with van der Waals surface area (Å²) < 4.78 is 0. The summed E-state index contributed by atoms with van der Waals surface area (Å²) in [5, 5.41) is 9.20. The van der Waals surface area contributed by atoms with Gasteiger partial charge in [-0.25, -0.2) is 9.59 Å². The highest BCUT2D eigenvalue weighted by Crippen LogP contribution is 2.22. The fourth-order valence-corrected chi connectivity index (χ4v) is 2.85. The Bertz CT molecular complexity index is 662. The van der Waals surface area contributed by atoms with E-state index in [0.29, 0.717) is 26.1 Å². The predicted molar refractivity (Wildman–Crippen MR) is 90.3 cm³/mol. The Balaban J connectivity index is 1.78. The first-order valence-corrected chi connectivity index (χ1v) is 8.01. The molecule has 1 unspecified atom stereocenters. The van der Waals surface area contributed by atoms with Crippen LogP contribution in [0.1, 0.15) is 17.5 Å². The number of urea groups is 1. The maximum absolute atomic E-state index is 12.8. The molecule has 0 spiro atoms. The van der Waals surface area contributed by atoms with Crippen molar-refractivity contribution in [3.63, 3.8) is 0 Å². The van der Waals surface area contributed by atoms with E-state index in [1.54, 1.807) is 4.90 Å². The number of likely N-dealkylation sites (tertiary alicyclic amines) is 1. The zero-order valence-corrected chi connectivity index (χ0v) is 13.3. The van der Waals surface area contributed by atoms with Crippen molar-refractivity contribution in [2.75, 3.05) is 6.54 Å². The quantitative estimate of drug-likeness (QED) is 0.920. The minimum Gasteiger partial charge on any atom is -0.480 e. The van der Waals surface area contributed by atoms with Crippen molar-refractivity contribution in [3.8, 4) is 0 Å². The van der Waals surface area contributed by atoms with Crippen LogP contribution < -0.4 is 0 Å². The second-order valence-electron chi connectivity index (χ2n) is 5.95. The molecule has 1 aliphatic heterocycles. The first kappa shape index (κ1) is 16.1. The van der Waals surface area contributed by atoms with Crippen LogP contribution in [0.4, 0.5) is 4.79 Å². The van der Waals surface area contributed by atoms with E-state index in [1.165, 1.54) is 4.90 Å². The van der Waals surface area contributed by atoms with Crippen molar-refractivity contribution >= 4 is 12.0 Å². The smallest absolute Gasteiger partial charge is 0.326 e. The molecule has 2 aromatic carbocycles. The van der Waals surface area contributed by atoms with Crippen molar-refractivity contribution < 1.29 is 14.7 Å². The van der Waals surface area contributed by atoms with Crippen LogP contribution in [0.2, 0.25) is 0 Å². The van der Waals surface area contributed by atoms with Crippen LogP contribution in [-0.4, -0.2) is 39.5 Å². The third-order valence-corrected chi connectivity index (χ3v) is 4.25. The fraction of sp³-hybridized carbons (Fsp3) is 0.263. The van der Waals surface area contributed by atoms with Gasteiger partial charge in [0.15, 0.2) is 0 Å². The van der Waals surface area contributed by atoms with E-state index in [1.807, 2.05) is 60.7 Å². The topological polar surface area (TPSA) is 60.9 Å². The van der Waals surface area contributed by atoms with E-state index in [-0.39, 0.29) is 6.03 Å².